The number of halogens is 1. The van der Waals surface area contributed by atoms with E-state index in [-0.39, 0.29) is 10.8 Å². The molecule has 0 spiro atoms. The van der Waals surface area contributed by atoms with Gasteiger partial charge in [-0.05, 0) is 18.6 Å². The molecular formula is C9H8ClN3. The van der Waals surface area contributed by atoms with Crippen LogP contribution in [0.1, 0.15) is 18.2 Å². The normalized spacial score (nSPS) is 9.31. The molecule has 1 aromatic rings. The molecule has 1 heterocycles. The number of pyridine rings is 1. The molecule has 3 nitrogen and oxygen atoms in total. The minimum Gasteiger partial charge on any atom is -0.396 e. The maximum absolute atomic E-state index is 8.67. The Morgan fingerprint density at radius 2 is 2.38 bits per heavy atom. The lowest BCUT2D eigenvalue weighted by molar-refractivity contribution is 1.26. The molecule has 1 aromatic heterocycles. The number of nitriles is 1. The Morgan fingerprint density at radius 3 is 2.85 bits per heavy atom. The van der Waals surface area contributed by atoms with Crippen LogP contribution in [0.4, 0.5) is 5.69 Å². The zero-order valence-corrected chi connectivity index (χ0v) is 7.89. The molecule has 0 amide bonds. The maximum Gasteiger partial charge on any atom is 0.165 e. The van der Waals surface area contributed by atoms with Gasteiger partial charge in [0.1, 0.15) is 11.2 Å². The number of allylic oxidation sites excluding steroid dienone is 1. The number of hydrogen-bond donors (Lipinski definition) is 1. The van der Waals surface area contributed by atoms with Crippen LogP contribution in [0.3, 0.4) is 0 Å². The van der Waals surface area contributed by atoms with Crippen LogP contribution >= 0.6 is 11.6 Å². The van der Waals surface area contributed by atoms with Gasteiger partial charge in [0, 0.05) is 5.56 Å². The number of nitrogens with two attached hydrogens (primary N) is 1. The Bertz CT molecular complexity index is 404. The molecular weight excluding hydrogens is 186 g/mol. The first-order chi connectivity index (χ1) is 6.06. The number of anilines is 1. The molecule has 0 unspecified atom stereocenters. The third-order valence-corrected chi connectivity index (χ3v) is 1.79. The van der Waals surface area contributed by atoms with Crippen LogP contribution in [0.5, 0.6) is 0 Å². The van der Waals surface area contributed by atoms with Gasteiger partial charge >= 0.3 is 0 Å². The van der Waals surface area contributed by atoms with Gasteiger partial charge in [0.2, 0.25) is 0 Å². The first kappa shape index (κ1) is 9.56. The van der Waals surface area contributed by atoms with Gasteiger partial charge in [-0.1, -0.05) is 18.2 Å². The molecule has 2 N–H and O–H groups in total. The highest BCUT2D eigenvalue weighted by molar-refractivity contribution is 6.29. The molecule has 13 heavy (non-hydrogen) atoms. The van der Waals surface area contributed by atoms with Crippen LogP contribution in [-0.4, -0.2) is 4.98 Å². The van der Waals surface area contributed by atoms with E-state index in [1.54, 1.807) is 13.0 Å². The van der Waals surface area contributed by atoms with Crippen molar-refractivity contribution in [2.24, 2.45) is 0 Å². The van der Waals surface area contributed by atoms with Gasteiger partial charge < -0.3 is 5.73 Å². The number of aromatic nitrogens is 1. The summed E-state index contributed by atoms with van der Waals surface area (Å²) in [4.78, 5) is 3.77. The lowest BCUT2D eigenvalue weighted by atomic mass is 10.1. The van der Waals surface area contributed by atoms with Gasteiger partial charge in [0.15, 0.2) is 5.69 Å². The lowest BCUT2D eigenvalue weighted by Crippen LogP contribution is -1.99. The number of hydrogen-bond acceptors (Lipinski definition) is 3. The zero-order chi connectivity index (χ0) is 10.0. The fraction of sp³-hybridized carbons (Fsp3) is 0.111. The Labute approximate surface area is 81.5 Å². The number of rotatable bonds is 1. The van der Waals surface area contributed by atoms with E-state index in [2.05, 4.69) is 11.6 Å². The van der Waals surface area contributed by atoms with E-state index in [1.165, 1.54) is 0 Å². The quantitative estimate of drug-likeness (QED) is 0.696. The van der Waals surface area contributed by atoms with Crippen LogP contribution in [-0.2, 0) is 0 Å². The molecule has 0 bridgehead atoms. The van der Waals surface area contributed by atoms with Crippen molar-refractivity contribution in [3.8, 4) is 6.07 Å². The monoisotopic (exact) mass is 193 g/mol. The topological polar surface area (TPSA) is 62.7 Å². The summed E-state index contributed by atoms with van der Waals surface area (Å²) in [5.41, 5.74) is 7.58. The molecule has 0 saturated heterocycles. The van der Waals surface area contributed by atoms with Crippen molar-refractivity contribution in [3.05, 3.63) is 29.1 Å². The zero-order valence-electron chi connectivity index (χ0n) is 7.13. The summed E-state index contributed by atoms with van der Waals surface area (Å²) in [6.45, 7) is 5.52. The van der Waals surface area contributed by atoms with Crippen LogP contribution in [0, 0.1) is 11.3 Å². The SMILES string of the molecule is C=C(C)c1cc(Cl)nc(C#N)c1N. The number of nitrogen functional groups attached to an aromatic ring is 1. The minimum absolute atomic E-state index is 0.144. The molecule has 0 aromatic carbocycles. The van der Waals surface area contributed by atoms with Crippen molar-refractivity contribution < 1.29 is 0 Å². The lowest BCUT2D eigenvalue weighted by Gasteiger charge is -2.05. The second-order valence-corrected chi connectivity index (χ2v) is 3.03. The highest BCUT2D eigenvalue weighted by Gasteiger charge is 2.08. The first-order valence-electron chi connectivity index (χ1n) is 3.58. The van der Waals surface area contributed by atoms with Crippen molar-refractivity contribution in [2.45, 2.75) is 6.92 Å². The Balaban J connectivity index is 3.47. The third-order valence-electron chi connectivity index (χ3n) is 1.59. The summed E-state index contributed by atoms with van der Waals surface area (Å²) < 4.78 is 0. The Morgan fingerprint density at radius 1 is 1.77 bits per heavy atom. The molecule has 0 saturated carbocycles. The van der Waals surface area contributed by atoms with Crippen LogP contribution < -0.4 is 5.73 Å². The second kappa shape index (κ2) is 3.46. The maximum atomic E-state index is 8.67. The van der Waals surface area contributed by atoms with Crippen molar-refractivity contribution in [2.75, 3.05) is 5.73 Å². The largest absolute Gasteiger partial charge is 0.396 e. The molecule has 0 atom stereocenters. The van der Waals surface area contributed by atoms with Crippen LogP contribution in [0.2, 0.25) is 5.15 Å². The summed E-state index contributed by atoms with van der Waals surface area (Å²) in [7, 11) is 0. The highest BCUT2D eigenvalue weighted by Crippen LogP contribution is 2.24. The fourth-order valence-corrected chi connectivity index (χ4v) is 1.16. The average Bonchev–Trinajstić information content (AvgIpc) is 2.08. The van der Waals surface area contributed by atoms with Gasteiger partial charge in [-0.2, -0.15) is 5.26 Å². The minimum atomic E-state index is 0.144. The Hall–Kier alpha value is -1.53. The standard InChI is InChI=1S/C9H8ClN3/c1-5(2)6-3-8(10)13-7(4-11)9(6)12/h3H,1,12H2,2H3. The molecule has 1 rings (SSSR count). The smallest absolute Gasteiger partial charge is 0.165 e. The summed E-state index contributed by atoms with van der Waals surface area (Å²) in [5, 5.41) is 8.92. The summed E-state index contributed by atoms with van der Waals surface area (Å²) in [5.74, 6) is 0. The van der Waals surface area contributed by atoms with Crippen LogP contribution in [0.15, 0.2) is 12.6 Å². The molecule has 4 heteroatoms. The van der Waals surface area contributed by atoms with E-state index in [0.717, 1.165) is 5.57 Å². The van der Waals surface area contributed by atoms with E-state index in [1.807, 2.05) is 6.07 Å². The molecule has 0 aliphatic carbocycles. The second-order valence-electron chi connectivity index (χ2n) is 2.65. The highest BCUT2D eigenvalue weighted by atomic mass is 35.5. The van der Waals surface area contributed by atoms with Gasteiger partial charge in [-0.3, -0.25) is 0 Å². The van der Waals surface area contributed by atoms with Crippen molar-refractivity contribution in [1.82, 2.24) is 4.98 Å². The summed E-state index contributed by atoms with van der Waals surface area (Å²) >= 11 is 5.69. The van der Waals surface area contributed by atoms with E-state index < -0.39 is 0 Å². The van der Waals surface area contributed by atoms with E-state index in [0.29, 0.717) is 11.3 Å². The van der Waals surface area contributed by atoms with E-state index >= 15 is 0 Å². The van der Waals surface area contributed by atoms with Crippen LogP contribution in [0.25, 0.3) is 5.57 Å². The average molecular weight is 194 g/mol. The van der Waals surface area contributed by atoms with Gasteiger partial charge in [0.25, 0.3) is 0 Å². The number of nitrogens with zero attached hydrogens (tertiary/aromatic N) is 2. The van der Waals surface area contributed by atoms with Crippen molar-refractivity contribution in [1.29, 1.82) is 5.26 Å². The fourth-order valence-electron chi connectivity index (χ4n) is 0.962. The van der Waals surface area contributed by atoms with Gasteiger partial charge in [-0.15, -0.1) is 0 Å². The molecule has 0 aliphatic heterocycles. The predicted molar refractivity (Wildman–Crippen MR) is 53.1 cm³/mol. The molecule has 66 valence electrons. The molecule has 0 fully saturated rings. The van der Waals surface area contributed by atoms with E-state index in [9.17, 15) is 0 Å². The van der Waals surface area contributed by atoms with Crippen molar-refractivity contribution >= 4 is 22.9 Å². The van der Waals surface area contributed by atoms with E-state index in [4.69, 9.17) is 22.6 Å². The van der Waals surface area contributed by atoms with Gasteiger partial charge in [-0.25, -0.2) is 4.98 Å². The summed E-state index contributed by atoms with van der Waals surface area (Å²) in [6.07, 6.45) is 0. The summed E-state index contributed by atoms with van der Waals surface area (Å²) in [6, 6.07) is 3.47. The predicted octanol–water partition coefficient (Wildman–Crippen LogP) is 2.22. The first-order valence-corrected chi connectivity index (χ1v) is 3.96. The molecule has 0 aliphatic rings. The van der Waals surface area contributed by atoms with Gasteiger partial charge in [0.05, 0.1) is 5.69 Å². The third kappa shape index (κ3) is 1.79. The Kier molecular flexibility index (Phi) is 2.54. The van der Waals surface area contributed by atoms with Crippen molar-refractivity contribution in [3.63, 3.8) is 0 Å². The molecule has 0 radical (unpaired) electrons.